The highest BCUT2D eigenvalue weighted by Gasteiger charge is 2.68. The summed E-state index contributed by atoms with van der Waals surface area (Å²) in [5, 5.41) is 0. The highest BCUT2D eigenvalue weighted by atomic mass is 14.7. The van der Waals surface area contributed by atoms with Gasteiger partial charge in [-0.2, -0.15) is 0 Å². The summed E-state index contributed by atoms with van der Waals surface area (Å²) in [6.07, 6.45) is 8.19. The molecule has 2 fully saturated rings. The zero-order chi connectivity index (χ0) is 10.8. The Morgan fingerprint density at radius 2 is 1.93 bits per heavy atom. The third-order valence-corrected chi connectivity index (χ3v) is 6.13. The topological polar surface area (TPSA) is 0 Å². The first-order valence-electron chi connectivity index (χ1n) is 6.68. The largest absolute Gasteiger partial charge is 0.0847 e. The molecule has 0 spiro atoms. The van der Waals surface area contributed by atoms with Crippen LogP contribution in [0.15, 0.2) is 11.6 Å². The van der Waals surface area contributed by atoms with Crippen molar-refractivity contribution < 1.29 is 0 Å². The monoisotopic (exact) mass is 204 g/mol. The molecule has 15 heavy (non-hydrogen) atoms. The standard InChI is InChI=1S/C15H24/c1-10-6-5-7-11-8-9-12-13(14(12,2)3)15(10,11)4/h7,10,12-13H,5-6,8-9H2,1-4H3/t10?,12?,13?,15-/m1/s1. The van der Waals surface area contributed by atoms with E-state index < -0.39 is 0 Å². The molecule has 3 aliphatic carbocycles. The summed E-state index contributed by atoms with van der Waals surface area (Å²) in [7, 11) is 0. The Bertz CT molecular complexity index is 323. The third kappa shape index (κ3) is 1.04. The normalized spacial score (nSPS) is 51.5. The number of allylic oxidation sites excluding steroid dienone is 2. The Morgan fingerprint density at radius 3 is 2.67 bits per heavy atom. The first kappa shape index (κ1) is 9.93. The van der Waals surface area contributed by atoms with Crippen molar-refractivity contribution in [3.8, 4) is 0 Å². The van der Waals surface area contributed by atoms with E-state index in [2.05, 4.69) is 33.8 Å². The van der Waals surface area contributed by atoms with E-state index in [-0.39, 0.29) is 0 Å². The molecule has 3 rings (SSSR count). The predicted octanol–water partition coefficient (Wildman–Crippen LogP) is 4.42. The molecule has 0 aliphatic heterocycles. The van der Waals surface area contributed by atoms with E-state index in [1.165, 1.54) is 25.7 Å². The van der Waals surface area contributed by atoms with Crippen LogP contribution in [0.25, 0.3) is 0 Å². The summed E-state index contributed by atoms with van der Waals surface area (Å²) in [6.45, 7) is 10.0. The molecule has 3 unspecified atom stereocenters. The van der Waals surface area contributed by atoms with E-state index in [4.69, 9.17) is 0 Å². The van der Waals surface area contributed by atoms with Crippen LogP contribution in [0.1, 0.15) is 53.4 Å². The predicted molar refractivity (Wildman–Crippen MR) is 64.6 cm³/mol. The lowest BCUT2D eigenvalue weighted by atomic mass is 9.60. The van der Waals surface area contributed by atoms with Gasteiger partial charge < -0.3 is 0 Å². The zero-order valence-corrected chi connectivity index (χ0v) is 10.6. The SMILES string of the molecule is CC1CCC=C2CCC3C(C3(C)C)[C@@]21C. The molecule has 0 heterocycles. The minimum absolute atomic E-state index is 0.560. The van der Waals surface area contributed by atoms with Gasteiger partial charge in [-0.05, 0) is 54.3 Å². The molecule has 0 aromatic carbocycles. The molecule has 0 aromatic heterocycles. The second-order valence-electron chi connectivity index (χ2n) is 6.93. The highest BCUT2D eigenvalue weighted by Crippen LogP contribution is 2.74. The lowest BCUT2D eigenvalue weighted by Crippen LogP contribution is -2.36. The molecule has 3 aliphatic rings. The second kappa shape index (κ2) is 2.70. The van der Waals surface area contributed by atoms with Gasteiger partial charge >= 0.3 is 0 Å². The summed E-state index contributed by atoms with van der Waals surface area (Å²) in [5.74, 6) is 2.92. The van der Waals surface area contributed by atoms with E-state index in [0.717, 1.165) is 17.8 Å². The Hall–Kier alpha value is -0.260. The fourth-order valence-corrected chi connectivity index (χ4v) is 5.01. The van der Waals surface area contributed by atoms with E-state index in [1.54, 1.807) is 0 Å². The van der Waals surface area contributed by atoms with Crippen LogP contribution in [-0.2, 0) is 0 Å². The summed E-state index contributed by atoms with van der Waals surface area (Å²) in [6, 6.07) is 0. The van der Waals surface area contributed by atoms with Crippen LogP contribution in [0.2, 0.25) is 0 Å². The average molecular weight is 204 g/mol. The highest BCUT2D eigenvalue weighted by molar-refractivity contribution is 5.31. The number of hydrogen-bond donors (Lipinski definition) is 0. The van der Waals surface area contributed by atoms with Gasteiger partial charge in [-0.3, -0.25) is 0 Å². The van der Waals surface area contributed by atoms with Crippen molar-refractivity contribution >= 4 is 0 Å². The molecule has 84 valence electrons. The van der Waals surface area contributed by atoms with Gasteiger partial charge in [0.05, 0.1) is 0 Å². The van der Waals surface area contributed by atoms with E-state index in [9.17, 15) is 0 Å². The van der Waals surface area contributed by atoms with Crippen LogP contribution in [0.3, 0.4) is 0 Å². The maximum atomic E-state index is 2.57. The Morgan fingerprint density at radius 1 is 1.20 bits per heavy atom. The summed E-state index contributed by atoms with van der Waals surface area (Å²) < 4.78 is 0. The molecule has 0 saturated heterocycles. The van der Waals surface area contributed by atoms with Gasteiger partial charge in [-0.1, -0.05) is 39.3 Å². The number of rotatable bonds is 0. The van der Waals surface area contributed by atoms with Crippen molar-refractivity contribution in [3.05, 3.63) is 11.6 Å². The molecule has 0 heteroatoms. The van der Waals surface area contributed by atoms with Crippen molar-refractivity contribution in [2.45, 2.75) is 53.4 Å². The first-order chi connectivity index (χ1) is 6.99. The molecule has 0 N–H and O–H groups in total. The average Bonchev–Trinajstić information content (AvgIpc) is 2.73. The number of hydrogen-bond acceptors (Lipinski definition) is 0. The van der Waals surface area contributed by atoms with Crippen molar-refractivity contribution in [2.75, 3.05) is 0 Å². The lowest BCUT2D eigenvalue weighted by Gasteiger charge is -2.45. The quantitative estimate of drug-likeness (QED) is 0.513. The minimum atomic E-state index is 0.560. The van der Waals surface area contributed by atoms with Gasteiger partial charge in [-0.25, -0.2) is 0 Å². The fourth-order valence-electron chi connectivity index (χ4n) is 5.01. The molecular formula is C15H24. The molecular weight excluding hydrogens is 180 g/mol. The van der Waals surface area contributed by atoms with Crippen LogP contribution < -0.4 is 0 Å². The molecule has 0 aromatic rings. The van der Waals surface area contributed by atoms with E-state index in [1.807, 2.05) is 5.57 Å². The third-order valence-electron chi connectivity index (χ3n) is 6.13. The lowest BCUT2D eigenvalue weighted by molar-refractivity contribution is 0.147. The Labute approximate surface area is 94.1 Å². The summed E-state index contributed by atoms with van der Waals surface area (Å²) >= 11 is 0. The molecule has 0 amide bonds. The molecule has 2 saturated carbocycles. The number of fused-ring (bicyclic) bond motifs is 3. The van der Waals surface area contributed by atoms with Crippen LogP contribution >= 0.6 is 0 Å². The van der Waals surface area contributed by atoms with E-state index >= 15 is 0 Å². The van der Waals surface area contributed by atoms with Crippen LogP contribution in [0, 0.1) is 28.6 Å². The van der Waals surface area contributed by atoms with Gasteiger partial charge in [0.2, 0.25) is 0 Å². The van der Waals surface area contributed by atoms with Gasteiger partial charge in [0.25, 0.3) is 0 Å². The van der Waals surface area contributed by atoms with Crippen molar-refractivity contribution in [1.29, 1.82) is 0 Å². The summed E-state index contributed by atoms with van der Waals surface area (Å²) in [5.41, 5.74) is 3.01. The van der Waals surface area contributed by atoms with Crippen molar-refractivity contribution in [2.24, 2.45) is 28.6 Å². The summed E-state index contributed by atoms with van der Waals surface area (Å²) in [4.78, 5) is 0. The molecule has 4 atom stereocenters. The van der Waals surface area contributed by atoms with E-state index in [0.29, 0.717) is 10.8 Å². The van der Waals surface area contributed by atoms with Crippen molar-refractivity contribution in [1.82, 2.24) is 0 Å². The van der Waals surface area contributed by atoms with Gasteiger partial charge in [0, 0.05) is 0 Å². The van der Waals surface area contributed by atoms with Gasteiger partial charge in [0.1, 0.15) is 0 Å². The van der Waals surface area contributed by atoms with Crippen LogP contribution in [-0.4, -0.2) is 0 Å². The smallest absolute Gasteiger partial charge is 0.00544 e. The molecule has 0 nitrogen and oxygen atoms in total. The molecule has 0 radical (unpaired) electrons. The zero-order valence-electron chi connectivity index (χ0n) is 10.6. The maximum absolute atomic E-state index is 2.57. The first-order valence-corrected chi connectivity index (χ1v) is 6.68. The van der Waals surface area contributed by atoms with Gasteiger partial charge in [-0.15, -0.1) is 0 Å². The maximum Gasteiger partial charge on any atom is -0.00544 e. The Kier molecular flexibility index (Phi) is 1.79. The molecule has 0 bridgehead atoms. The Balaban J connectivity index is 2.03. The minimum Gasteiger partial charge on any atom is -0.0847 e. The van der Waals surface area contributed by atoms with Gasteiger partial charge in [0.15, 0.2) is 0 Å². The van der Waals surface area contributed by atoms with Crippen LogP contribution in [0.5, 0.6) is 0 Å². The fraction of sp³-hybridized carbons (Fsp3) is 0.867. The van der Waals surface area contributed by atoms with Crippen LogP contribution in [0.4, 0.5) is 0 Å². The van der Waals surface area contributed by atoms with Crippen molar-refractivity contribution in [3.63, 3.8) is 0 Å². The second-order valence-corrected chi connectivity index (χ2v) is 6.93.